The molecule has 4 nitrogen and oxygen atoms in total. The van der Waals surface area contributed by atoms with Crippen LogP contribution in [0.4, 0.5) is 0 Å². The Morgan fingerprint density at radius 2 is 1.78 bits per heavy atom. The number of halogens is 2. The average molecular weight is 366 g/mol. The van der Waals surface area contributed by atoms with E-state index in [2.05, 4.69) is 10.2 Å². The molecule has 0 aliphatic carbocycles. The van der Waals surface area contributed by atoms with Crippen LogP contribution in [0.1, 0.15) is 0 Å². The summed E-state index contributed by atoms with van der Waals surface area (Å²) in [4.78, 5) is 0. The number of thioether (sulfide) groups is 1. The molecule has 118 valence electrons. The molecule has 3 aromatic rings. The molecular weight excluding hydrogens is 353 g/mol. The van der Waals surface area contributed by atoms with Crippen LogP contribution in [0.15, 0.2) is 47.6 Å². The molecule has 0 fully saturated rings. The third-order valence-electron chi connectivity index (χ3n) is 3.32. The molecule has 0 saturated heterocycles. The van der Waals surface area contributed by atoms with Gasteiger partial charge in [-0.1, -0.05) is 35.0 Å². The number of hydrogen-bond acceptors (Lipinski definition) is 4. The molecule has 0 amide bonds. The highest BCUT2D eigenvalue weighted by atomic mass is 35.5. The summed E-state index contributed by atoms with van der Waals surface area (Å²) in [5, 5.41) is 10.4. The lowest BCUT2D eigenvalue weighted by Gasteiger charge is -2.11. The molecule has 0 spiro atoms. The minimum absolute atomic E-state index is 0.535. The zero-order chi connectivity index (χ0) is 16.4. The highest BCUT2D eigenvalue weighted by Gasteiger charge is 2.17. The van der Waals surface area contributed by atoms with E-state index in [-0.39, 0.29) is 0 Å². The lowest BCUT2D eigenvalue weighted by molar-refractivity contribution is 0.414. The first-order chi connectivity index (χ1) is 11.1. The Balaban J connectivity index is 2.17. The summed E-state index contributed by atoms with van der Waals surface area (Å²) in [6, 6.07) is 13.0. The van der Waals surface area contributed by atoms with Gasteiger partial charge in [0.1, 0.15) is 5.75 Å². The minimum atomic E-state index is 0.535. The van der Waals surface area contributed by atoms with E-state index in [0.29, 0.717) is 15.9 Å². The Kier molecular flexibility index (Phi) is 4.80. The van der Waals surface area contributed by atoms with Gasteiger partial charge < -0.3 is 4.74 Å². The minimum Gasteiger partial charge on any atom is -0.497 e. The van der Waals surface area contributed by atoms with Gasteiger partial charge >= 0.3 is 0 Å². The Morgan fingerprint density at radius 1 is 1.04 bits per heavy atom. The topological polar surface area (TPSA) is 39.9 Å². The molecule has 0 radical (unpaired) electrons. The maximum atomic E-state index is 6.33. The molecule has 0 atom stereocenters. The van der Waals surface area contributed by atoms with Crippen LogP contribution in [0.3, 0.4) is 0 Å². The number of aromatic nitrogens is 3. The second-order valence-electron chi connectivity index (χ2n) is 4.67. The van der Waals surface area contributed by atoms with Crippen LogP contribution in [0, 0.1) is 0 Å². The standard InChI is InChI=1S/C16H13Cl2N3OS/c1-22-12-6-4-11(5-7-12)21-15(19-20-16(21)23-2)13-8-3-10(17)9-14(13)18/h3-9H,1-2H3. The Bertz CT molecular complexity index is 834. The van der Waals surface area contributed by atoms with Crippen LogP contribution < -0.4 is 4.74 Å². The van der Waals surface area contributed by atoms with E-state index >= 15 is 0 Å². The Morgan fingerprint density at radius 3 is 2.39 bits per heavy atom. The van der Waals surface area contributed by atoms with Crippen molar-refractivity contribution in [2.24, 2.45) is 0 Å². The number of benzene rings is 2. The fourth-order valence-corrected chi connectivity index (χ4v) is 3.20. The van der Waals surface area contributed by atoms with Crippen molar-refractivity contribution in [1.82, 2.24) is 14.8 Å². The first-order valence-corrected chi connectivity index (χ1v) is 8.71. The van der Waals surface area contributed by atoms with Crippen molar-refractivity contribution in [1.29, 1.82) is 0 Å². The fourth-order valence-electron chi connectivity index (χ4n) is 2.21. The summed E-state index contributed by atoms with van der Waals surface area (Å²) in [5.41, 5.74) is 1.71. The average Bonchev–Trinajstić information content (AvgIpc) is 2.98. The monoisotopic (exact) mass is 365 g/mol. The van der Waals surface area contributed by atoms with Crippen molar-refractivity contribution in [2.75, 3.05) is 13.4 Å². The Hall–Kier alpha value is -1.69. The van der Waals surface area contributed by atoms with E-state index in [0.717, 1.165) is 22.2 Å². The van der Waals surface area contributed by atoms with Crippen LogP contribution in [-0.4, -0.2) is 28.1 Å². The summed E-state index contributed by atoms with van der Waals surface area (Å²) in [6.07, 6.45) is 1.96. The molecular formula is C16H13Cl2N3OS. The summed E-state index contributed by atoms with van der Waals surface area (Å²) >= 11 is 13.8. The third kappa shape index (κ3) is 3.17. The van der Waals surface area contributed by atoms with Gasteiger partial charge in [-0.25, -0.2) is 0 Å². The second kappa shape index (κ2) is 6.83. The lowest BCUT2D eigenvalue weighted by atomic mass is 10.2. The largest absolute Gasteiger partial charge is 0.497 e. The summed E-state index contributed by atoms with van der Waals surface area (Å²) in [7, 11) is 1.64. The second-order valence-corrected chi connectivity index (χ2v) is 6.28. The van der Waals surface area contributed by atoms with Crippen molar-refractivity contribution < 1.29 is 4.74 Å². The first kappa shape index (κ1) is 16.2. The predicted octanol–water partition coefficient (Wildman–Crippen LogP) is 4.97. The Labute approximate surface area is 148 Å². The van der Waals surface area contributed by atoms with E-state index < -0.39 is 0 Å². The van der Waals surface area contributed by atoms with E-state index in [1.54, 1.807) is 19.2 Å². The molecule has 0 aliphatic rings. The smallest absolute Gasteiger partial charge is 0.195 e. The van der Waals surface area contributed by atoms with Crippen molar-refractivity contribution in [2.45, 2.75) is 5.16 Å². The van der Waals surface area contributed by atoms with Crippen LogP contribution in [0.2, 0.25) is 10.0 Å². The van der Waals surface area contributed by atoms with Gasteiger partial charge in [-0.2, -0.15) is 0 Å². The number of methoxy groups -OCH3 is 1. The van der Waals surface area contributed by atoms with Gasteiger partial charge in [-0.15, -0.1) is 10.2 Å². The normalized spacial score (nSPS) is 10.8. The van der Waals surface area contributed by atoms with Gasteiger partial charge in [-0.3, -0.25) is 4.57 Å². The van der Waals surface area contributed by atoms with Gasteiger partial charge in [0, 0.05) is 16.3 Å². The van der Waals surface area contributed by atoms with Gasteiger partial charge in [-0.05, 0) is 48.7 Å². The first-order valence-electron chi connectivity index (χ1n) is 6.73. The molecule has 0 bridgehead atoms. The molecule has 1 aromatic heterocycles. The van der Waals surface area contributed by atoms with Gasteiger partial charge in [0.25, 0.3) is 0 Å². The molecule has 1 heterocycles. The maximum Gasteiger partial charge on any atom is 0.195 e. The molecule has 0 N–H and O–H groups in total. The van der Waals surface area contributed by atoms with E-state index in [9.17, 15) is 0 Å². The highest BCUT2D eigenvalue weighted by Crippen LogP contribution is 2.33. The van der Waals surface area contributed by atoms with Crippen LogP contribution >= 0.6 is 35.0 Å². The van der Waals surface area contributed by atoms with Crippen molar-refractivity contribution in [3.05, 3.63) is 52.5 Å². The van der Waals surface area contributed by atoms with Crippen LogP contribution in [-0.2, 0) is 0 Å². The van der Waals surface area contributed by atoms with E-state index in [1.165, 1.54) is 11.8 Å². The van der Waals surface area contributed by atoms with Crippen LogP contribution in [0.5, 0.6) is 5.75 Å². The zero-order valence-electron chi connectivity index (χ0n) is 12.5. The summed E-state index contributed by atoms with van der Waals surface area (Å²) in [5.74, 6) is 1.46. The SMILES string of the molecule is COc1ccc(-n2c(SC)nnc2-c2ccc(Cl)cc2Cl)cc1. The molecule has 23 heavy (non-hydrogen) atoms. The lowest BCUT2D eigenvalue weighted by Crippen LogP contribution is -1.99. The van der Waals surface area contributed by atoms with E-state index in [4.69, 9.17) is 27.9 Å². The van der Waals surface area contributed by atoms with Crippen LogP contribution in [0.25, 0.3) is 17.1 Å². The van der Waals surface area contributed by atoms with Gasteiger partial charge in [0.2, 0.25) is 0 Å². The summed E-state index contributed by atoms with van der Waals surface area (Å²) < 4.78 is 7.17. The summed E-state index contributed by atoms with van der Waals surface area (Å²) in [6.45, 7) is 0. The third-order valence-corrected chi connectivity index (χ3v) is 4.50. The molecule has 0 unspecified atom stereocenters. The fraction of sp³-hybridized carbons (Fsp3) is 0.125. The number of ether oxygens (including phenoxy) is 1. The number of rotatable bonds is 4. The predicted molar refractivity (Wildman–Crippen MR) is 95.1 cm³/mol. The molecule has 2 aromatic carbocycles. The van der Waals surface area contributed by atoms with E-state index in [1.807, 2.05) is 41.2 Å². The molecule has 7 heteroatoms. The molecule has 0 aliphatic heterocycles. The van der Waals surface area contributed by atoms with Crippen molar-refractivity contribution >= 4 is 35.0 Å². The quantitative estimate of drug-likeness (QED) is 0.611. The molecule has 0 saturated carbocycles. The zero-order valence-corrected chi connectivity index (χ0v) is 14.8. The maximum absolute atomic E-state index is 6.33. The number of hydrogen-bond donors (Lipinski definition) is 0. The van der Waals surface area contributed by atoms with Gasteiger partial charge in [0.05, 0.1) is 12.1 Å². The van der Waals surface area contributed by atoms with Crippen molar-refractivity contribution in [3.8, 4) is 22.8 Å². The highest BCUT2D eigenvalue weighted by molar-refractivity contribution is 7.98. The van der Waals surface area contributed by atoms with Crippen molar-refractivity contribution in [3.63, 3.8) is 0 Å². The van der Waals surface area contributed by atoms with Gasteiger partial charge in [0.15, 0.2) is 11.0 Å². The molecule has 3 rings (SSSR count). The number of nitrogens with zero attached hydrogens (tertiary/aromatic N) is 3.